The van der Waals surface area contributed by atoms with Gasteiger partial charge in [-0.3, -0.25) is 4.98 Å². The lowest BCUT2D eigenvalue weighted by atomic mass is 9.87. The fourth-order valence-electron chi connectivity index (χ4n) is 4.02. The average molecular weight is 299 g/mol. The molecule has 4 atom stereocenters. The van der Waals surface area contributed by atoms with E-state index in [0.717, 1.165) is 39.4 Å². The van der Waals surface area contributed by atoms with Crippen LogP contribution < -0.4 is 5.32 Å². The molecule has 0 saturated heterocycles. The van der Waals surface area contributed by atoms with Crippen LogP contribution in [-0.2, 0) is 0 Å². The van der Waals surface area contributed by atoms with Gasteiger partial charge in [-0.15, -0.1) is 0 Å². The number of rotatable bonds is 3. The molecule has 0 amide bonds. The number of allylic oxidation sites excluding steroid dienone is 2. The van der Waals surface area contributed by atoms with E-state index in [9.17, 15) is 0 Å². The molecule has 2 aliphatic carbocycles. The maximum absolute atomic E-state index is 6.25. The molecule has 108 valence electrons. The Bertz CT molecular complexity index is 709. The summed E-state index contributed by atoms with van der Waals surface area (Å²) in [5, 5.41) is 5.52. The SMILES string of the molecule is CC(Nc1cc(Cl)cc2cccnc12)C1CC2C=CC1C2. The van der Waals surface area contributed by atoms with Gasteiger partial charge in [-0.25, -0.2) is 0 Å². The van der Waals surface area contributed by atoms with Gasteiger partial charge < -0.3 is 5.32 Å². The number of fused-ring (bicyclic) bond motifs is 3. The number of hydrogen-bond acceptors (Lipinski definition) is 2. The van der Waals surface area contributed by atoms with E-state index in [1.807, 2.05) is 24.4 Å². The molecule has 1 fully saturated rings. The van der Waals surface area contributed by atoms with Gasteiger partial charge >= 0.3 is 0 Å². The highest BCUT2D eigenvalue weighted by Gasteiger charge is 2.38. The van der Waals surface area contributed by atoms with Gasteiger partial charge in [-0.2, -0.15) is 0 Å². The Morgan fingerprint density at radius 3 is 2.95 bits per heavy atom. The normalized spacial score (nSPS) is 28.2. The molecule has 3 heteroatoms. The largest absolute Gasteiger partial charge is 0.380 e. The molecular weight excluding hydrogens is 280 g/mol. The quantitative estimate of drug-likeness (QED) is 0.815. The van der Waals surface area contributed by atoms with E-state index in [4.69, 9.17) is 11.6 Å². The van der Waals surface area contributed by atoms with E-state index in [-0.39, 0.29) is 0 Å². The molecule has 1 N–H and O–H groups in total. The molecule has 4 rings (SSSR count). The molecule has 2 bridgehead atoms. The van der Waals surface area contributed by atoms with Crippen molar-refractivity contribution in [2.24, 2.45) is 17.8 Å². The molecule has 4 unspecified atom stereocenters. The standard InChI is InChI=1S/C18H19ClN2/c1-11(16-8-12-4-5-13(16)7-12)21-17-10-15(19)9-14-3-2-6-20-18(14)17/h2-6,9-13,16,21H,7-8H2,1H3. The third-order valence-corrected chi connectivity index (χ3v) is 5.24. The van der Waals surface area contributed by atoms with E-state index in [1.54, 1.807) is 0 Å². The van der Waals surface area contributed by atoms with E-state index in [2.05, 4.69) is 35.4 Å². The highest BCUT2D eigenvalue weighted by atomic mass is 35.5. The number of nitrogens with one attached hydrogen (secondary N) is 1. The molecule has 1 aromatic carbocycles. The van der Waals surface area contributed by atoms with Crippen LogP contribution in [0.5, 0.6) is 0 Å². The lowest BCUT2D eigenvalue weighted by Crippen LogP contribution is -2.29. The maximum Gasteiger partial charge on any atom is 0.0934 e. The van der Waals surface area contributed by atoms with Gasteiger partial charge in [-0.1, -0.05) is 29.8 Å². The van der Waals surface area contributed by atoms with Crippen molar-refractivity contribution in [1.29, 1.82) is 0 Å². The van der Waals surface area contributed by atoms with Crippen LogP contribution in [0.3, 0.4) is 0 Å². The van der Waals surface area contributed by atoms with Crippen LogP contribution in [0.25, 0.3) is 10.9 Å². The smallest absolute Gasteiger partial charge is 0.0934 e. The van der Waals surface area contributed by atoms with Gasteiger partial charge in [0.15, 0.2) is 0 Å². The molecule has 0 aliphatic heterocycles. The first kappa shape index (κ1) is 13.1. The minimum atomic E-state index is 0.439. The third-order valence-electron chi connectivity index (χ3n) is 5.03. The second kappa shape index (κ2) is 5.03. The van der Waals surface area contributed by atoms with Gasteiger partial charge in [0.2, 0.25) is 0 Å². The summed E-state index contributed by atoms with van der Waals surface area (Å²) in [7, 11) is 0. The summed E-state index contributed by atoms with van der Waals surface area (Å²) in [6.45, 7) is 2.29. The Morgan fingerprint density at radius 1 is 1.29 bits per heavy atom. The summed E-state index contributed by atoms with van der Waals surface area (Å²) < 4.78 is 0. The monoisotopic (exact) mass is 298 g/mol. The minimum Gasteiger partial charge on any atom is -0.380 e. The van der Waals surface area contributed by atoms with Crippen molar-refractivity contribution in [2.75, 3.05) is 5.32 Å². The molecule has 1 saturated carbocycles. The number of aromatic nitrogens is 1. The number of pyridine rings is 1. The molecule has 21 heavy (non-hydrogen) atoms. The van der Waals surface area contributed by atoms with Crippen LogP contribution in [0.2, 0.25) is 5.02 Å². The summed E-state index contributed by atoms with van der Waals surface area (Å²) in [5.41, 5.74) is 2.06. The number of hydrogen-bond donors (Lipinski definition) is 1. The highest BCUT2D eigenvalue weighted by Crippen LogP contribution is 2.45. The van der Waals surface area contributed by atoms with Crippen LogP contribution in [0.1, 0.15) is 19.8 Å². The van der Waals surface area contributed by atoms with Crippen molar-refractivity contribution in [3.63, 3.8) is 0 Å². The van der Waals surface area contributed by atoms with Crippen molar-refractivity contribution in [3.05, 3.63) is 47.6 Å². The van der Waals surface area contributed by atoms with Gasteiger partial charge in [0.05, 0.1) is 11.2 Å². The van der Waals surface area contributed by atoms with E-state index in [0.29, 0.717) is 6.04 Å². The summed E-state index contributed by atoms with van der Waals surface area (Å²) in [6.07, 6.45) is 9.29. The first-order valence-electron chi connectivity index (χ1n) is 7.70. The molecule has 2 nitrogen and oxygen atoms in total. The molecular formula is C18H19ClN2. The number of benzene rings is 1. The zero-order valence-electron chi connectivity index (χ0n) is 12.1. The predicted molar refractivity (Wildman–Crippen MR) is 88.7 cm³/mol. The fraction of sp³-hybridized carbons (Fsp3) is 0.389. The van der Waals surface area contributed by atoms with Gasteiger partial charge in [-0.05, 0) is 55.7 Å². The fourth-order valence-corrected chi connectivity index (χ4v) is 4.24. The first-order chi connectivity index (χ1) is 10.2. The molecule has 2 aliphatic rings. The van der Waals surface area contributed by atoms with Crippen molar-refractivity contribution in [2.45, 2.75) is 25.8 Å². The van der Waals surface area contributed by atoms with Gasteiger partial charge in [0.25, 0.3) is 0 Å². The Labute approximate surface area is 130 Å². The van der Waals surface area contributed by atoms with E-state index < -0.39 is 0 Å². The molecule has 1 aromatic heterocycles. The van der Waals surface area contributed by atoms with Gasteiger partial charge in [0.1, 0.15) is 0 Å². The Kier molecular flexibility index (Phi) is 3.15. The predicted octanol–water partition coefficient (Wildman–Crippen LogP) is 4.90. The summed E-state index contributed by atoms with van der Waals surface area (Å²) in [6, 6.07) is 8.42. The van der Waals surface area contributed by atoms with Crippen LogP contribution in [0.15, 0.2) is 42.6 Å². The molecule has 0 spiro atoms. The molecule has 2 aromatic rings. The summed E-state index contributed by atoms with van der Waals surface area (Å²) >= 11 is 6.25. The highest BCUT2D eigenvalue weighted by molar-refractivity contribution is 6.31. The van der Waals surface area contributed by atoms with E-state index >= 15 is 0 Å². The Morgan fingerprint density at radius 2 is 2.19 bits per heavy atom. The van der Waals surface area contributed by atoms with Crippen LogP contribution in [0, 0.1) is 17.8 Å². The number of nitrogens with zero attached hydrogens (tertiary/aromatic N) is 1. The summed E-state index contributed by atoms with van der Waals surface area (Å²) in [5.74, 6) is 2.27. The third kappa shape index (κ3) is 2.32. The molecule has 0 radical (unpaired) electrons. The second-order valence-electron chi connectivity index (χ2n) is 6.41. The number of anilines is 1. The van der Waals surface area contributed by atoms with Gasteiger partial charge in [0, 0.05) is 22.6 Å². The zero-order chi connectivity index (χ0) is 14.4. The Hall–Kier alpha value is -1.54. The Balaban J connectivity index is 1.63. The van der Waals surface area contributed by atoms with Crippen molar-refractivity contribution < 1.29 is 0 Å². The maximum atomic E-state index is 6.25. The minimum absolute atomic E-state index is 0.439. The van der Waals surface area contributed by atoms with Crippen LogP contribution in [-0.4, -0.2) is 11.0 Å². The number of halogens is 1. The van der Waals surface area contributed by atoms with Crippen molar-refractivity contribution in [3.8, 4) is 0 Å². The second-order valence-corrected chi connectivity index (χ2v) is 6.84. The van der Waals surface area contributed by atoms with Crippen LogP contribution >= 0.6 is 11.6 Å². The first-order valence-corrected chi connectivity index (χ1v) is 8.07. The lowest BCUT2D eigenvalue weighted by Gasteiger charge is -2.27. The summed E-state index contributed by atoms with van der Waals surface area (Å²) in [4.78, 5) is 4.51. The van der Waals surface area contributed by atoms with Crippen molar-refractivity contribution >= 4 is 28.2 Å². The molecule has 1 heterocycles. The average Bonchev–Trinajstić information content (AvgIpc) is 3.09. The lowest BCUT2D eigenvalue weighted by molar-refractivity contribution is 0.400. The zero-order valence-corrected chi connectivity index (χ0v) is 12.8. The van der Waals surface area contributed by atoms with Crippen LogP contribution in [0.4, 0.5) is 5.69 Å². The topological polar surface area (TPSA) is 24.9 Å². The van der Waals surface area contributed by atoms with E-state index in [1.165, 1.54) is 12.8 Å². The van der Waals surface area contributed by atoms with Crippen molar-refractivity contribution in [1.82, 2.24) is 4.98 Å².